The Kier molecular flexibility index (Phi) is 6.14. The summed E-state index contributed by atoms with van der Waals surface area (Å²) in [6, 6.07) is 12.3. The first kappa shape index (κ1) is 24.2. The van der Waals surface area contributed by atoms with Gasteiger partial charge in [0.2, 0.25) is 17.7 Å². The molecule has 0 aromatic heterocycles. The summed E-state index contributed by atoms with van der Waals surface area (Å²) in [6.07, 6.45) is 0. The molecular formula is C26H20Br3N3O3. The second-order valence-electron chi connectivity index (χ2n) is 8.79. The third-order valence-corrected chi connectivity index (χ3v) is 8.28. The van der Waals surface area contributed by atoms with E-state index in [-0.39, 0.29) is 29.6 Å². The van der Waals surface area contributed by atoms with Crippen LogP contribution in [0.1, 0.15) is 66.0 Å². The second-order valence-corrected chi connectivity index (χ2v) is 11.4. The predicted molar refractivity (Wildman–Crippen MR) is 147 cm³/mol. The van der Waals surface area contributed by atoms with E-state index in [1.165, 1.54) is 20.8 Å². The molecule has 0 heterocycles. The number of benzene rings is 3. The van der Waals surface area contributed by atoms with Gasteiger partial charge in [-0.2, -0.15) is 0 Å². The summed E-state index contributed by atoms with van der Waals surface area (Å²) >= 11 is 10.9. The van der Waals surface area contributed by atoms with Crippen LogP contribution in [0.2, 0.25) is 0 Å². The van der Waals surface area contributed by atoms with Crippen molar-refractivity contribution in [3.8, 4) is 0 Å². The van der Waals surface area contributed by atoms with Crippen LogP contribution < -0.4 is 16.0 Å². The molecule has 0 fully saturated rings. The van der Waals surface area contributed by atoms with Gasteiger partial charge in [0.15, 0.2) is 0 Å². The van der Waals surface area contributed by atoms with Gasteiger partial charge in [0.25, 0.3) is 0 Å². The molecule has 0 spiro atoms. The van der Waals surface area contributed by atoms with E-state index in [9.17, 15) is 14.4 Å². The van der Waals surface area contributed by atoms with E-state index < -0.39 is 0 Å². The summed E-state index contributed by atoms with van der Waals surface area (Å²) in [5, 5.41) is 8.74. The van der Waals surface area contributed by atoms with Crippen LogP contribution in [0.3, 0.4) is 0 Å². The molecule has 0 radical (unpaired) electrons. The van der Waals surface area contributed by atoms with E-state index in [0.717, 1.165) is 52.5 Å². The third-order valence-electron chi connectivity index (χ3n) is 6.32. The van der Waals surface area contributed by atoms with Crippen LogP contribution in [0.4, 0.5) is 17.1 Å². The predicted octanol–water partition coefficient (Wildman–Crippen LogP) is 6.84. The molecule has 9 heteroatoms. The molecule has 0 aliphatic heterocycles. The highest BCUT2D eigenvalue weighted by Gasteiger charge is 2.43. The minimum Gasteiger partial charge on any atom is -0.325 e. The number of rotatable bonds is 3. The number of nitrogens with one attached hydrogen (secondary N) is 3. The average molecular weight is 662 g/mol. The lowest BCUT2D eigenvalue weighted by Gasteiger charge is -2.43. The monoisotopic (exact) mass is 659 g/mol. The summed E-state index contributed by atoms with van der Waals surface area (Å²) in [4.78, 5) is 35.5. The van der Waals surface area contributed by atoms with Gasteiger partial charge in [0.05, 0.1) is 17.1 Å². The van der Waals surface area contributed by atoms with Crippen molar-refractivity contribution in [3.63, 3.8) is 0 Å². The number of carbonyl (C=O) groups is 3. The number of amides is 3. The first-order valence-electron chi connectivity index (χ1n) is 10.9. The zero-order chi connectivity index (χ0) is 25.2. The Morgan fingerprint density at radius 2 is 0.743 bits per heavy atom. The van der Waals surface area contributed by atoms with Gasteiger partial charge >= 0.3 is 0 Å². The fourth-order valence-corrected chi connectivity index (χ4v) is 6.56. The standard InChI is InChI=1S/C26H20Br3N3O3/c1-10(33)30-22-7-16-15(6-21(22)29)26-17-8-23(31-11(2)34)19(27)4-13(17)25(16)14-5-20(28)24(9-18(14)26)32-12(3)35/h4-9,25-26H,1-3H3,(H,30,33)(H,31,34)(H,32,35). The van der Waals surface area contributed by atoms with Gasteiger partial charge in [-0.25, -0.2) is 0 Å². The van der Waals surface area contributed by atoms with Crippen LogP contribution in [0.25, 0.3) is 0 Å². The maximum atomic E-state index is 11.8. The largest absolute Gasteiger partial charge is 0.325 e. The molecule has 0 atom stereocenters. The minimum atomic E-state index is -0.146. The number of anilines is 3. The molecule has 0 unspecified atom stereocenters. The molecule has 0 saturated heterocycles. The van der Waals surface area contributed by atoms with E-state index in [1.54, 1.807) is 0 Å². The van der Waals surface area contributed by atoms with Gasteiger partial charge < -0.3 is 16.0 Å². The van der Waals surface area contributed by atoms with Gasteiger partial charge in [0, 0.05) is 46.0 Å². The molecular weight excluding hydrogens is 642 g/mol. The molecule has 3 aliphatic carbocycles. The lowest BCUT2D eigenvalue weighted by atomic mass is 9.61. The second kappa shape index (κ2) is 8.87. The van der Waals surface area contributed by atoms with E-state index >= 15 is 0 Å². The molecule has 0 saturated carbocycles. The quantitative estimate of drug-likeness (QED) is 0.198. The molecule has 2 bridgehead atoms. The summed E-state index contributed by atoms with van der Waals surface area (Å²) in [5.41, 5.74) is 8.81. The lowest BCUT2D eigenvalue weighted by Crippen LogP contribution is -2.28. The van der Waals surface area contributed by atoms with Crippen LogP contribution in [-0.4, -0.2) is 17.7 Å². The maximum Gasteiger partial charge on any atom is 0.221 e. The van der Waals surface area contributed by atoms with E-state index in [4.69, 9.17) is 0 Å². The van der Waals surface area contributed by atoms with Crippen molar-refractivity contribution in [3.05, 3.63) is 83.2 Å². The molecule has 6 nitrogen and oxygen atoms in total. The Hall–Kier alpha value is -2.49. The molecule has 6 rings (SSSR count). The summed E-state index contributed by atoms with van der Waals surface area (Å²) < 4.78 is 2.39. The Bertz CT molecular complexity index is 1390. The van der Waals surface area contributed by atoms with Crippen LogP contribution in [0.5, 0.6) is 0 Å². The van der Waals surface area contributed by atoms with Crippen molar-refractivity contribution >= 4 is 82.6 Å². The van der Waals surface area contributed by atoms with E-state index in [1.807, 2.05) is 18.2 Å². The summed E-state index contributed by atoms with van der Waals surface area (Å²) in [6.45, 7) is 4.46. The van der Waals surface area contributed by atoms with E-state index in [0.29, 0.717) is 11.4 Å². The van der Waals surface area contributed by atoms with Crippen molar-refractivity contribution in [2.45, 2.75) is 32.6 Å². The van der Waals surface area contributed by atoms with Crippen molar-refractivity contribution in [2.75, 3.05) is 16.0 Å². The highest BCUT2D eigenvalue weighted by atomic mass is 79.9. The fraction of sp³-hybridized carbons (Fsp3) is 0.192. The zero-order valence-corrected chi connectivity index (χ0v) is 23.7. The normalized spacial score (nSPS) is 16.6. The smallest absolute Gasteiger partial charge is 0.221 e. The molecule has 178 valence electrons. The van der Waals surface area contributed by atoms with Gasteiger partial charge in [0.1, 0.15) is 0 Å². The highest BCUT2D eigenvalue weighted by Crippen LogP contribution is 2.59. The minimum absolute atomic E-state index is 0.0917. The number of halogens is 3. The topological polar surface area (TPSA) is 87.3 Å². The van der Waals surface area contributed by atoms with Gasteiger partial charge in [-0.1, -0.05) is 0 Å². The van der Waals surface area contributed by atoms with Crippen LogP contribution in [-0.2, 0) is 14.4 Å². The Morgan fingerprint density at radius 3 is 0.971 bits per heavy atom. The van der Waals surface area contributed by atoms with Gasteiger partial charge in [-0.15, -0.1) is 0 Å². The van der Waals surface area contributed by atoms with E-state index in [2.05, 4.69) is 81.9 Å². The summed E-state index contributed by atoms with van der Waals surface area (Å²) in [7, 11) is 0. The molecule has 3 aliphatic rings. The lowest BCUT2D eigenvalue weighted by molar-refractivity contribution is -0.115. The average Bonchev–Trinajstić information content (AvgIpc) is 2.74. The van der Waals surface area contributed by atoms with Crippen molar-refractivity contribution in [1.82, 2.24) is 0 Å². The van der Waals surface area contributed by atoms with Crippen LogP contribution in [0, 0.1) is 0 Å². The van der Waals surface area contributed by atoms with Gasteiger partial charge in [-0.05, 0) is 118 Å². The van der Waals surface area contributed by atoms with Crippen LogP contribution >= 0.6 is 47.8 Å². The Balaban J connectivity index is 1.78. The Labute approximate surface area is 227 Å². The van der Waals surface area contributed by atoms with Gasteiger partial charge in [-0.3, -0.25) is 14.4 Å². The third kappa shape index (κ3) is 4.13. The number of hydrogen-bond donors (Lipinski definition) is 3. The fourth-order valence-electron chi connectivity index (χ4n) is 5.18. The molecule has 3 amide bonds. The van der Waals surface area contributed by atoms with Crippen LogP contribution in [0.15, 0.2) is 49.8 Å². The SMILES string of the molecule is CC(=O)Nc1cc2c(cc1Br)C1c3cc(NC(C)=O)c(Br)cc3C2c2cc(Br)c(NC(C)=O)cc21. The van der Waals surface area contributed by atoms with Crippen molar-refractivity contribution in [1.29, 1.82) is 0 Å². The Morgan fingerprint density at radius 1 is 0.514 bits per heavy atom. The number of hydrogen-bond acceptors (Lipinski definition) is 3. The maximum absolute atomic E-state index is 11.8. The summed E-state index contributed by atoms with van der Waals surface area (Å²) in [5.74, 6) is -0.647. The molecule has 3 N–H and O–H groups in total. The highest BCUT2D eigenvalue weighted by molar-refractivity contribution is 9.11. The molecule has 35 heavy (non-hydrogen) atoms. The first-order chi connectivity index (χ1) is 16.5. The number of carbonyl (C=O) groups excluding carboxylic acids is 3. The van der Waals surface area contributed by atoms with Crippen molar-refractivity contribution < 1.29 is 14.4 Å². The molecule has 3 aromatic carbocycles. The van der Waals surface area contributed by atoms with Crippen molar-refractivity contribution in [2.24, 2.45) is 0 Å². The molecule has 3 aromatic rings. The first-order valence-corrected chi connectivity index (χ1v) is 13.3. The zero-order valence-electron chi connectivity index (χ0n) is 19.0.